The van der Waals surface area contributed by atoms with Crippen LogP contribution in [0.2, 0.25) is 0 Å². The van der Waals surface area contributed by atoms with Gasteiger partial charge in [-0.1, -0.05) is 25.7 Å². The van der Waals surface area contributed by atoms with Crippen LogP contribution in [-0.4, -0.2) is 5.91 Å². The summed E-state index contributed by atoms with van der Waals surface area (Å²) in [6.45, 7) is 0. The molecule has 1 aromatic rings. The highest BCUT2D eigenvalue weighted by molar-refractivity contribution is 14.1. The summed E-state index contributed by atoms with van der Waals surface area (Å²) in [6, 6.07) is 5.98. The topological polar surface area (TPSA) is 29.1 Å². The predicted octanol–water partition coefficient (Wildman–Crippen LogP) is 5.35. The number of rotatable bonds is 3. The second kappa shape index (κ2) is 7.62. The van der Waals surface area contributed by atoms with Crippen LogP contribution in [0.3, 0.4) is 0 Å². The van der Waals surface area contributed by atoms with Gasteiger partial charge in [0.25, 0.3) is 0 Å². The minimum atomic E-state index is 0.147. The molecule has 0 aliphatic heterocycles. The maximum Gasteiger partial charge on any atom is 0.224 e. The van der Waals surface area contributed by atoms with Crippen molar-refractivity contribution in [2.24, 2.45) is 5.92 Å². The Bertz CT molecular complexity index is 442. The lowest BCUT2D eigenvalue weighted by molar-refractivity contribution is -0.117. The summed E-state index contributed by atoms with van der Waals surface area (Å²) in [5.74, 6) is 0.721. The van der Waals surface area contributed by atoms with Crippen LogP contribution >= 0.6 is 38.5 Å². The van der Waals surface area contributed by atoms with Gasteiger partial charge in [0, 0.05) is 14.5 Å². The molecule has 0 unspecified atom stereocenters. The van der Waals surface area contributed by atoms with Crippen LogP contribution in [-0.2, 0) is 4.79 Å². The van der Waals surface area contributed by atoms with E-state index in [0.717, 1.165) is 13.7 Å². The van der Waals surface area contributed by atoms with Gasteiger partial charge in [-0.05, 0) is 75.5 Å². The van der Waals surface area contributed by atoms with Crippen LogP contribution in [0.25, 0.3) is 0 Å². The van der Waals surface area contributed by atoms with Crippen LogP contribution in [0.15, 0.2) is 22.7 Å². The molecule has 0 heterocycles. The maximum atomic E-state index is 12.1. The molecule has 0 spiro atoms. The molecule has 1 aromatic carbocycles. The number of carbonyl (C=O) groups is 1. The summed E-state index contributed by atoms with van der Waals surface area (Å²) in [4.78, 5) is 12.1. The third-order valence-electron chi connectivity index (χ3n) is 3.65. The van der Waals surface area contributed by atoms with Crippen molar-refractivity contribution in [1.29, 1.82) is 0 Å². The van der Waals surface area contributed by atoms with Gasteiger partial charge in [-0.3, -0.25) is 4.79 Å². The number of benzene rings is 1. The standard InChI is InChI=1S/C15H19BrINO/c16-13-10-12(17)7-8-14(13)18-15(19)9-11-5-3-1-2-4-6-11/h7-8,10-11H,1-6,9H2,(H,18,19). The first-order valence-corrected chi connectivity index (χ1v) is 8.77. The molecule has 1 N–H and O–H groups in total. The monoisotopic (exact) mass is 435 g/mol. The predicted molar refractivity (Wildman–Crippen MR) is 91.3 cm³/mol. The highest BCUT2D eigenvalue weighted by Crippen LogP contribution is 2.27. The average Bonchev–Trinajstić information content (AvgIpc) is 2.61. The van der Waals surface area contributed by atoms with Crippen LogP contribution in [0.1, 0.15) is 44.9 Å². The Hall–Kier alpha value is -0.100. The second-order valence-corrected chi connectivity index (χ2v) is 7.33. The lowest BCUT2D eigenvalue weighted by Crippen LogP contribution is -2.16. The fraction of sp³-hybridized carbons (Fsp3) is 0.533. The summed E-state index contributed by atoms with van der Waals surface area (Å²) in [5, 5.41) is 3.02. The van der Waals surface area contributed by atoms with Gasteiger partial charge in [-0.2, -0.15) is 0 Å². The highest BCUT2D eigenvalue weighted by atomic mass is 127. The first-order chi connectivity index (χ1) is 9.15. The van der Waals surface area contributed by atoms with E-state index in [1.54, 1.807) is 0 Å². The minimum Gasteiger partial charge on any atom is -0.325 e. The quantitative estimate of drug-likeness (QED) is 0.503. The van der Waals surface area contributed by atoms with E-state index >= 15 is 0 Å². The van der Waals surface area contributed by atoms with Crippen molar-refractivity contribution < 1.29 is 4.79 Å². The molecule has 1 aliphatic rings. The van der Waals surface area contributed by atoms with Crippen molar-refractivity contribution in [2.45, 2.75) is 44.9 Å². The molecule has 0 aromatic heterocycles. The molecule has 0 bridgehead atoms. The largest absolute Gasteiger partial charge is 0.325 e. The van der Waals surface area contributed by atoms with E-state index in [2.05, 4.69) is 43.8 Å². The Morgan fingerprint density at radius 3 is 2.58 bits per heavy atom. The van der Waals surface area contributed by atoms with E-state index in [0.29, 0.717) is 12.3 Å². The number of amides is 1. The molecule has 1 fully saturated rings. The number of hydrogen-bond donors (Lipinski definition) is 1. The van der Waals surface area contributed by atoms with Crippen molar-refractivity contribution >= 4 is 50.1 Å². The summed E-state index contributed by atoms with van der Waals surface area (Å²) < 4.78 is 2.11. The van der Waals surface area contributed by atoms with Crippen molar-refractivity contribution in [3.8, 4) is 0 Å². The second-order valence-electron chi connectivity index (χ2n) is 5.23. The van der Waals surface area contributed by atoms with Gasteiger partial charge < -0.3 is 5.32 Å². The van der Waals surface area contributed by atoms with Crippen molar-refractivity contribution in [3.05, 3.63) is 26.2 Å². The van der Waals surface area contributed by atoms with Crippen LogP contribution in [0.5, 0.6) is 0 Å². The minimum absolute atomic E-state index is 0.147. The molecular weight excluding hydrogens is 417 g/mol. The van der Waals surface area contributed by atoms with E-state index < -0.39 is 0 Å². The van der Waals surface area contributed by atoms with E-state index in [1.807, 2.05) is 18.2 Å². The van der Waals surface area contributed by atoms with Gasteiger partial charge in [0.2, 0.25) is 5.91 Å². The van der Waals surface area contributed by atoms with Crippen LogP contribution in [0.4, 0.5) is 5.69 Å². The molecular formula is C15H19BrINO. The lowest BCUT2D eigenvalue weighted by Gasteiger charge is -2.14. The van der Waals surface area contributed by atoms with E-state index in [1.165, 1.54) is 38.5 Å². The first kappa shape index (κ1) is 15.3. The van der Waals surface area contributed by atoms with Gasteiger partial charge in [0.15, 0.2) is 0 Å². The molecule has 2 nitrogen and oxygen atoms in total. The fourth-order valence-corrected chi connectivity index (χ4v) is 4.02. The number of anilines is 1. The molecule has 0 radical (unpaired) electrons. The molecule has 0 atom stereocenters. The number of halogens is 2. The molecule has 1 aliphatic carbocycles. The van der Waals surface area contributed by atoms with Gasteiger partial charge >= 0.3 is 0 Å². The highest BCUT2D eigenvalue weighted by Gasteiger charge is 2.16. The number of hydrogen-bond acceptors (Lipinski definition) is 1. The van der Waals surface area contributed by atoms with E-state index in [9.17, 15) is 4.79 Å². The maximum absolute atomic E-state index is 12.1. The molecule has 104 valence electrons. The number of nitrogens with one attached hydrogen (secondary N) is 1. The van der Waals surface area contributed by atoms with Crippen LogP contribution < -0.4 is 5.32 Å². The molecule has 2 rings (SSSR count). The molecule has 1 amide bonds. The average molecular weight is 436 g/mol. The molecule has 4 heteroatoms. The zero-order valence-corrected chi connectivity index (χ0v) is 14.7. The smallest absolute Gasteiger partial charge is 0.224 e. The molecule has 19 heavy (non-hydrogen) atoms. The Kier molecular flexibility index (Phi) is 6.13. The Morgan fingerprint density at radius 2 is 1.95 bits per heavy atom. The zero-order chi connectivity index (χ0) is 13.7. The fourth-order valence-electron chi connectivity index (χ4n) is 2.62. The van der Waals surface area contributed by atoms with Crippen molar-refractivity contribution in [1.82, 2.24) is 0 Å². The third kappa shape index (κ3) is 5.06. The van der Waals surface area contributed by atoms with Gasteiger partial charge in [0.05, 0.1) is 5.69 Å². The van der Waals surface area contributed by atoms with Gasteiger partial charge in [-0.15, -0.1) is 0 Å². The summed E-state index contributed by atoms with van der Waals surface area (Å²) in [5.41, 5.74) is 0.874. The lowest BCUT2D eigenvalue weighted by atomic mass is 9.96. The summed E-state index contributed by atoms with van der Waals surface area (Å²) in [7, 11) is 0. The van der Waals surface area contributed by atoms with Gasteiger partial charge in [-0.25, -0.2) is 0 Å². The zero-order valence-electron chi connectivity index (χ0n) is 10.9. The summed E-state index contributed by atoms with van der Waals surface area (Å²) >= 11 is 5.76. The SMILES string of the molecule is O=C(CC1CCCCCC1)Nc1ccc(I)cc1Br. The first-order valence-electron chi connectivity index (χ1n) is 6.90. The van der Waals surface area contributed by atoms with Gasteiger partial charge in [0.1, 0.15) is 0 Å². The van der Waals surface area contributed by atoms with Crippen LogP contribution in [0, 0.1) is 9.49 Å². The number of carbonyl (C=O) groups excluding carboxylic acids is 1. The summed E-state index contributed by atoms with van der Waals surface area (Å²) in [6.07, 6.45) is 8.32. The Labute approximate surface area is 137 Å². The van der Waals surface area contributed by atoms with E-state index in [-0.39, 0.29) is 5.91 Å². The Morgan fingerprint density at radius 1 is 1.26 bits per heavy atom. The Balaban J connectivity index is 1.89. The van der Waals surface area contributed by atoms with Crippen molar-refractivity contribution in [2.75, 3.05) is 5.32 Å². The molecule has 1 saturated carbocycles. The molecule has 0 saturated heterocycles. The third-order valence-corrected chi connectivity index (χ3v) is 4.98. The van der Waals surface area contributed by atoms with E-state index in [4.69, 9.17) is 0 Å². The normalized spacial score (nSPS) is 16.9. The van der Waals surface area contributed by atoms with Crippen molar-refractivity contribution in [3.63, 3.8) is 0 Å².